The van der Waals surface area contributed by atoms with Gasteiger partial charge >= 0.3 is 5.97 Å². The van der Waals surface area contributed by atoms with Gasteiger partial charge in [-0.2, -0.15) is 0 Å². The first kappa shape index (κ1) is 14.0. The van der Waals surface area contributed by atoms with Gasteiger partial charge in [-0.05, 0) is 24.6 Å². The number of hydrogen-bond donors (Lipinski definition) is 1. The Balaban J connectivity index is 2.56. The van der Waals surface area contributed by atoms with Crippen LogP contribution in [-0.4, -0.2) is 32.1 Å². The Morgan fingerprint density at radius 1 is 1.33 bits per heavy atom. The Kier molecular flexibility index (Phi) is 5.17. The first-order valence-corrected chi connectivity index (χ1v) is 5.57. The van der Waals surface area contributed by atoms with Crippen LogP contribution in [0.3, 0.4) is 0 Å². The Hall–Kier alpha value is -2.04. The van der Waals surface area contributed by atoms with Crippen LogP contribution in [0.15, 0.2) is 24.3 Å². The van der Waals surface area contributed by atoms with Gasteiger partial charge < -0.3 is 14.8 Å². The Labute approximate surface area is 106 Å². The molecule has 5 heteroatoms. The van der Waals surface area contributed by atoms with E-state index in [0.29, 0.717) is 5.75 Å². The Morgan fingerprint density at radius 2 is 2.06 bits per heavy atom. The van der Waals surface area contributed by atoms with Crippen LogP contribution in [0.5, 0.6) is 5.75 Å². The van der Waals surface area contributed by atoms with Crippen LogP contribution in [-0.2, 0) is 20.7 Å². The molecular weight excluding hydrogens is 234 g/mol. The maximum Gasteiger partial charge on any atom is 0.328 e. The molecule has 0 aromatic heterocycles. The van der Waals surface area contributed by atoms with Gasteiger partial charge in [-0.3, -0.25) is 4.79 Å². The number of esters is 1. The lowest BCUT2D eigenvalue weighted by Crippen LogP contribution is -2.39. The molecule has 0 fully saturated rings. The van der Waals surface area contributed by atoms with Crippen molar-refractivity contribution < 1.29 is 19.1 Å². The molecule has 0 aliphatic carbocycles. The van der Waals surface area contributed by atoms with Crippen LogP contribution in [0.2, 0.25) is 0 Å². The minimum atomic E-state index is -0.645. The predicted molar refractivity (Wildman–Crippen MR) is 66.3 cm³/mol. The van der Waals surface area contributed by atoms with Gasteiger partial charge in [0.25, 0.3) is 0 Å². The summed E-state index contributed by atoms with van der Waals surface area (Å²) in [7, 11) is 2.85. The van der Waals surface area contributed by atoms with Gasteiger partial charge in [0, 0.05) is 0 Å². The monoisotopic (exact) mass is 251 g/mol. The molecule has 0 aliphatic rings. The van der Waals surface area contributed by atoms with Crippen LogP contribution in [0, 0.1) is 0 Å². The molecule has 0 saturated carbocycles. The number of ether oxygens (including phenoxy) is 2. The van der Waals surface area contributed by atoms with Gasteiger partial charge in [-0.25, -0.2) is 4.79 Å². The third-order valence-corrected chi connectivity index (χ3v) is 2.43. The van der Waals surface area contributed by atoms with E-state index in [-0.39, 0.29) is 12.3 Å². The van der Waals surface area contributed by atoms with E-state index in [1.165, 1.54) is 7.11 Å². The molecule has 1 unspecified atom stereocenters. The standard InChI is InChI=1S/C13H17NO4/c1-9(13(16)18-3)14-12(15)8-10-5-4-6-11(7-10)17-2/h4-7,9H,8H2,1-3H3,(H,14,15). The molecule has 0 radical (unpaired) electrons. The summed E-state index contributed by atoms with van der Waals surface area (Å²) in [5.74, 6) is -0.00328. The number of nitrogens with one attached hydrogen (secondary N) is 1. The molecule has 0 bridgehead atoms. The van der Waals surface area contributed by atoms with E-state index in [1.54, 1.807) is 26.2 Å². The molecule has 1 rings (SSSR count). The van der Waals surface area contributed by atoms with Crippen LogP contribution < -0.4 is 10.1 Å². The molecular formula is C13H17NO4. The average Bonchev–Trinajstić information content (AvgIpc) is 2.37. The van der Waals surface area contributed by atoms with Crippen LogP contribution in [0.25, 0.3) is 0 Å². The minimum Gasteiger partial charge on any atom is -0.497 e. The van der Waals surface area contributed by atoms with Gasteiger partial charge in [0.15, 0.2) is 0 Å². The maximum atomic E-state index is 11.7. The lowest BCUT2D eigenvalue weighted by molar-refractivity contribution is -0.144. The molecule has 18 heavy (non-hydrogen) atoms. The third-order valence-electron chi connectivity index (χ3n) is 2.43. The number of carbonyl (C=O) groups excluding carboxylic acids is 2. The van der Waals surface area contributed by atoms with Crippen LogP contribution in [0.4, 0.5) is 0 Å². The smallest absolute Gasteiger partial charge is 0.328 e. The minimum absolute atomic E-state index is 0.193. The predicted octanol–water partition coefficient (Wildman–Crippen LogP) is 0.915. The van der Waals surface area contributed by atoms with Crippen molar-refractivity contribution in [2.45, 2.75) is 19.4 Å². The van der Waals surface area contributed by atoms with E-state index in [9.17, 15) is 9.59 Å². The number of benzene rings is 1. The number of amides is 1. The third kappa shape index (κ3) is 4.08. The van der Waals surface area contributed by atoms with E-state index in [4.69, 9.17) is 4.74 Å². The highest BCUT2D eigenvalue weighted by Crippen LogP contribution is 2.12. The summed E-state index contributed by atoms with van der Waals surface area (Å²) in [6, 6.07) is 6.57. The molecule has 0 heterocycles. The van der Waals surface area contributed by atoms with Crippen LogP contribution >= 0.6 is 0 Å². The fraction of sp³-hybridized carbons (Fsp3) is 0.385. The summed E-state index contributed by atoms with van der Waals surface area (Å²) in [6.07, 6.45) is 0.193. The quantitative estimate of drug-likeness (QED) is 0.790. The lowest BCUT2D eigenvalue weighted by atomic mass is 10.1. The van der Waals surface area contributed by atoms with Crippen LogP contribution in [0.1, 0.15) is 12.5 Å². The zero-order valence-corrected chi connectivity index (χ0v) is 10.7. The highest BCUT2D eigenvalue weighted by Gasteiger charge is 2.15. The molecule has 1 N–H and O–H groups in total. The van der Waals surface area contributed by atoms with Crippen molar-refractivity contribution >= 4 is 11.9 Å². The Morgan fingerprint density at radius 3 is 2.67 bits per heavy atom. The van der Waals surface area contributed by atoms with E-state index in [0.717, 1.165) is 5.56 Å². The summed E-state index contributed by atoms with van der Waals surface area (Å²) in [4.78, 5) is 22.8. The summed E-state index contributed by atoms with van der Waals surface area (Å²) < 4.78 is 9.59. The maximum absolute atomic E-state index is 11.7. The van der Waals surface area contributed by atoms with Gasteiger partial charge in [0.1, 0.15) is 11.8 Å². The lowest BCUT2D eigenvalue weighted by Gasteiger charge is -2.11. The molecule has 1 aromatic carbocycles. The molecule has 0 spiro atoms. The van der Waals surface area contributed by atoms with E-state index in [1.807, 2.05) is 12.1 Å². The van der Waals surface area contributed by atoms with Gasteiger partial charge in [-0.15, -0.1) is 0 Å². The van der Waals surface area contributed by atoms with Crippen molar-refractivity contribution in [1.82, 2.24) is 5.32 Å². The molecule has 5 nitrogen and oxygen atoms in total. The summed E-state index contributed by atoms with van der Waals surface area (Å²) >= 11 is 0. The second-order valence-corrected chi connectivity index (χ2v) is 3.84. The number of methoxy groups -OCH3 is 2. The van der Waals surface area contributed by atoms with E-state index < -0.39 is 12.0 Å². The second-order valence-electron chi connectivity index (χ2n) is 3.84. The first-order valence-electron chi connectivity index (χ1n) is 5.57. The fourth-order valence-corrected chi connectivity index (χ4v) is 1.50. The molecule has 1 amide bonds. The van der Waals surface area contributed by atoms with E-state index >= 15 is 0 Å². The van der Waals surface area contributed by atoms with Crippen molar-refractivity contribution in [2.24, 2.45) is 0 Å². The van der Waals surface area contributed by atoms with Crippen molar-refractivity contribution in [3.63, 3.8) is 0 Å². The van der Waals surface area contributed by atoms with Crippen molar-refractivity contribution in [3.8, 4) is 5.75 Å². The summed E-state index contributed by atoms with van der Waals surface area (Å²) in [5.41, 5.74) is 0.823. The number of carbonyl (C=O) groups is 2. The molecule has 98 valence electrons. The summed E-state index contributed by atoms with van der Waals surface area (Å²) in [6.45, 7) is 1.58. The van der Waals surface area contributed by atoms with Crippen molar-refractivity contribution in [3.05, 3.63) is 29.8 Å². The largest absolute Gasteiger partial charge is 0.497 e. The Bertz CT molecular complexity index is 431. The highest BCUT2D eigenvalue weighted by atomic mass is 16.5. The molecule has 0 saturated heterocycles. The average molecular weight is 251 g/mol. The van der Waals surface area contributed by atoms with Crippen molar-refractivity contribution in [1.29, 1.82) is 0 Å². The SMILES string of the molecule is COC(=O)C(C)NC(=O)Cc1cccc(OC)c1. The van der Waals surface area contributed by atoms with Gasteiger partial charge in [-0.1, -0.05) is 12.1 Å². The number of hydrogen-bond acceptors (Lipinski definition) is 4. The first-order chi connectivity index (χ1) is 8.56. The summed E-state index contributed by atoms with van der Waals surface area (Å²) in [5, 5.41) is 2.56. The molecule has 1 atom stereocenters. The zero-order chi connectivity index (χ0) is 13.5. The zero-order valence-electron chi connectivity index (χ0n) is 10.7. The second kappa shape index (κ2) is 6.64. The highest BCUT2D eigenvalue weighted by molar-refractivity contribution is 5.85. The number of rotatable bonds is 5. The van der Waals surface area contributed by atoms with Crippen molar-refractivity contribution in [2.75, 3.05) is 14.2 Å². The van der Waals surface area contributed by atoms with Gasteiger partial charge in [0.2, 0.25) is 5.91 Å². The molecule has 0 aliphatic heterocycles. The molecule has 1 aromatic rings. The fourth-order valence-electron chi connectivity index (χ4n) is 1.50. The topological polar surface area (TPSA) is 64.6 Å². The van der Waals surface area contributed by atoms with E-state index in [2.05, 4.69) is 10.1 Å². The normalized spacial score (nSPS) is 11.5. The van der Waals surface area contributed by atoms with Gasteiger partial charge in [0.05, 0.1) is 20.6 Å².